The van der Waals surface area contributed by atoms with Gasteiger partial charge in [-0.15, -0.1) is 0 Å². The molecule has 51 heavy (non-hydrogen) atoms. The van der Waals surface area contributed by atoms with Gasteiger partial charge in [-0.25, -0.2) is 19.2 Å². The van der Waals surface area contributed by atoms with E-state index in [0.29, 0.717) is 63.7 Å². The van der Waals surface area contributed by atoms with E-state index in [1.54, 1.807) is 63.2 Å². The summed E-state index contributed by atoms with van der Waals surface area (Å²) in [5, 5.41) is 18.4. The van der Waals surface area contributed by atoms with Gasteiger partial charge in [0, 0.05) is 66.7 Å². The quantitative estimate of drug-likeness (QED) is 0.112. The highest BCUT2D eigenvalue weighted by Crippen LogP contribution is 2.41. The summed E-state index contributed by atoms with van der Waals surface area (Å²) in [4.78, 5) is 40.0. The van der Waals surface area contributed by atoms with Crippen LogP contribution in [0.5, 0.6) is 5.88 Å². The van der Waals surface area contributed by atoms with E-state index in [2.05, 4.69) is 25.9 Å². The lowest BCUT2D eigenvalue weighted by atomic mass is 10.0. The largest absolute Gasteiger partial charge is 0.481 e. The first-order chi connectivity index (χ1) is 24.4. The van der Waals surface area contributed by atoms with E-state index in [1.165, 1.54) is 24.4 Å². The van der Waals surface area contributed by atoms with Crippen molar-refractivity contribution in [2.75, 3.05) is 32.1 Å². The average molecular weight is 741 g/mol. The lowest BCUT2D eigenvalue weighted by Gasteiger charge is -2.29. The summed E-state index contributed by atoms with van der Waals surface area (Å²) < 4.78 is 26.6. The van der Waals surface area contributed by atoms with Gasteiger partial charge in [0.15, 0.2) is 11.6 Å². The number of ether oxygens (including phenoxy) is 2. The average Bonchev–Trinajstić information content (AvgIpc) is 3.51. The Balaban J connectivity index is 1.41. The number of anilines is 2. The van der Waals surface area contributed by atoms with E-state index in [0.717, 1.165) is 0 Å². The van der Waals surface area contributed by atoms with Gasteiger partial charge in [-0.3, -0.25) is 9.78 Å². The molecule has 4 aromatic rings. The van der Waals surface area contributed by atoms with Crippen molar-refractivity contribution in [3.63, 3.8) is 0 Å². The van der Waals surface area contributed by atoms with Crippen molar-refractivity contribution in [1.82, 2.24) is 30.5 Å². The van der Waals surface area contributed by atoms with Gasteiger partial charge >= 0.3 is 6.09 Å². The summed E-state index contributed by atoms with van der Waals surface area (Å²) in [6.07, 6.45) is 3.51. The number of carbonyl (C=O) groups excluding carboxylic acids is 2. The minimum Gasteiger partial charge on any atom is -0.481 e. The molecule has 1 aliphatic heterocycles. The van der Waals surface area contributed by atoms with Crippen LogP contribution >= 0.6 is 23.2 Å². The SMILES string of the molecule is COc1nc(-c2cccc(-c3nccc(Nc4nccc(CNCCO)c4F)c3Cl)c2Cl)ccc1CN(C[C@@H]1CCC(=O)N1)C(=O)OC(C)(C)C. The highest BCUT2D eigenvalue weighted by Gasteiger charge is 2.29. The molecule has 3 aromatic heterocycles. The van der Waals surface area contributed by atoms with Gasteiger partial charge in [-0.1, -0.05) is 41.4 Å². The molecule has 4 N–H and O–H groups in total. The number of hydrogen-bond acceptors (Lipinski definition) is 10. The normalized spacial score (nSPS) is 14.3. The Morgan fingerprint density at radius 3 is 2.55 bits per heavy atom. The highest BCUT2D eigenvalue weighted by molar-refractivity contribution is 6.39. The molecule has 1 atom stereocenters. The summed E-state index contributed by atoms with van der Waals surface area (Å²) in [5.74, 6) is -0.345. The first kappa shape index (κ1) is 37.7. The fourth-order valence-corrected chi connectivity index (χ4v) is 6.08. The smallest absolute Gasteiger partial charge is 0.410 e. The van der Waals surface area contributed by atoms with Gasteiger partial charge in [0.2, 0.25) is 11.8 Å². The molecular formula is C36H40Cl2FN7O5. The van der Waals surface area contributed by atoms with Crippen molar-refractivity contribution in [3.05, 3.63) is 81.8 Å². The molecule has 0 saturated carbocycles. The number of aliphatic hydroxyl groups excluding tert-OH is 1. The molecule has 1 fully saturated rings. The zero-order valence-corrected chi connectivity index (χ0v) is 30.2. The summed E-state index contributed by atoms with van der Waals surface area (Å²) in [7, 11) is 1.49. The number of nitrogens with one attached hydrogen (secondary N) is 3. The van der Waals surface area contributed by atoms with Crippen LogP contribution in [0.15, 0.2) is 54.9 Å². The number of pyridine rings is 3. The zero-order valence-electron chi connectivity index (χ0n) is 28.7. The standard InChI is InChI=1S/C36H40Cl2FN7O5/c1-36(2,3)51-35(49)46(20-23-9-11-28(48)43-23)19-22-8-10-26(45-34(22)50-4)24-6-5-7-25(29(24)37)32-30(38)27(13-15-41-32)44-33-31(39)21(12-14-42-33)18-40-16-17-47/h5-8,10,12-15,23,40,47H,9,11,16-20H2,1-4H3,(H,43,48)(H,41,42,44)/t23-/m0/s1. The maximum atomic E-state index is 15.3. The van der Waals surface area contributed by atoms with Crippen LogP contribution in [0.2, 0.25) is 10.0 Å². The summed E-state index contributed by atoms with van der Waals surface area (Å²) >= 11 is 13.8. The highest BCUT2D eigenvalue weighted by atomic mass is 35.5. The van der Waals surface area contributed by atoms with Gasteiger partial charge < -0.3 is 35.4 Å². The minimum absolute atomic E-state index is 0.0215. The molecule has 0 radical (unpaired) electrons. The van der Waals surface area contributed by atoms with Gasteiger partial charge in [-0.05, 0) is 51.5 Å². The number of aliphatic hydroxyl groups is 1. The second-order valence-electron chi connectivity index (χ2n) is 12.9. The number of rotatable bonds is 13. The molecule has 0 bridgehead atoms. The van der Waals surface area contributed by atoms with Crippen LogP contribution in [-0.2, 0) is 22.6 Å². The van der Waals surface area contributed by atoms with Crippen molar-refractivity contribution in [2.24, 2.45) is 0 Å². The van der Waals surface area contributed by atoms with Crippen molar-refractivity contribution in [1.29, 1.82) is 0 Å². The van der Waals surface area contributed by atoms with E-state index in [9.17, 15) is 9.59 Å². The van der Waals surface area contributed by atoms with E-state index in [1.807, 2.05) is 0 Å². The molecule has 2 amide bonds. The fourth-order valence-electron chi connectivity index (χ4n) is 5.51. The summed E-state index contributed by atoms with van der Waals surface area (Å²) in [5.41, 5.74) is 2.58. The molecule has 15 heteroatoms. The number of carbonyl (C=O) groups is 2. The van der Waals surface area contributed by atoms with Crippen LogP contribution in [0.25, 0.3) is 22.5 Å². The van der Waals surface area contributed by atoms with Crippen molar-refractivity contribution in [2.45, 2.75) is 58.3 Å². The Bertz CT molecular complexity index is 1890. The Morgan fingerprint density at radius 2 is 1.84 bits per heavy atom. The summed E-state index contributed by atoms with van der Waals surface area (Å²) in [6, 6.07) is 11.9. The molecule has 0 spiro atoms. The van der Waals surface area contributed by atoms with Crippen LogP contribution in [0.4, 0.5) is 20.7 Å². The zero-order chi connectivity index (χ0) is 36.7. The fraction of sp³-hybridized carbons (Fsp3) is 0.361. The van der Waals surface area contributed by atoms with E-state index in [-0.39, 0.29) is 54.9 Å². The molecule has 1 saturated heterocycles. The van der Waals surface area contributed by atoms with Crippen LogP contribution in [0, 0.1) is 5.82 Å². The number of aromatic nitrogens is 3. The number of nitrogens with zero attached hydrogens (tertiary/aromatic N) is 4. The second-order valence-corrected chi connectivity index (χ2v) is 13.6. The van der Waals surface area contributed by atoms with E-state index in [4.69, 9.17) is 42.8 Å². The Kier molecular flexibility index (Phi) is 12.3. The maximum Gasteiger partial charge on any atom is 0.410 e. The summed E-state index contributed by atoms with van der Waals surface area (Å²) in [6.45, 7) is 6.24. The third kappa shape index (κ3) is 9.41. The first-order valence-corrected chi connectivity index (χ1v) is 17.1. The number of amides is 2. The minimum atomic E-state index is -0.716. The maximum absolute atomic E-state index is 15.3. The lowest BCUT2D eigenvalue weighted by molar-refractivity contribution is -0.119. The monoisotopic (exact) mass is 739 g/mol. The second kappa shape index (κ2) is 16.6. The molecule has 1 aliphatic rings. The molecule has 4 heterocycles. The topological polar surface area (TPSA) is 151 Å². The van der Waals surface area contributed by atoms with Crippen LogP contribution < -0.4 is 20.7 Å². The van der Waals surface area contributed by atoms with E-state index < -0.39 is 17.5 Å². The Hall–Kier alpha value is -4.56. The third-order valence-corrected chi connectivity index (χ3v) is 8.71. The van der Waals surface area contributed by atoms with Gasteiger partial charge in [-0.2, -0.15) is 0 Å². The van der Waals surface area contributed by atoms with Gasteiger partial charge in [0.1, 0.15) is 5.60 Å². The van der Waals surface area contributed by atoms with Crippen molar-refractivity contribution in [3.8, 4) is 28.4 Å². The van der Waals surface area contributed by atoms with Crippen LogP contribution in [0.3, 0.4) is 0 Å². The molecular weight excluding hydrogens is 700 g/mol. The van der Waals surface area contributed by atoms with E-state index >= 15 is 4.39 Å². The first-order valence-electron chi connectivity index (χ1n) is 16.4. The number of hydrogen-bond donors (Lipinski definition) is 4. The van der Waals surface area contributed by atoms with Crippen molar-refractivity contribution < 1.29 is 28.6 Å². The van der Waals surface area contributed by atoms with Crippen LogP contribution in [-0.4, -0.2) is 75.4 Å². The molecule has 270 valence electrons. The number of benzene rings is 1. The van der Waals surface area contributed by atoms with Gasteiger partial charge in [0.05, 0.1) is 47.4 Å². The molecule has 0 aliphatic carbocycles. The molecule has 0 unspecified atom stereocenters. The number of halogens is 3. The predicted octanol–water partition coefficient (Wildman–Crippen LogP) is 6.50. The third-order valence-electron chi connectivity index (χ3n) is 7.92. The van der Waals surface area contributed by atoms with Crippen molar-refractivity contribution >= 4 is 46.7 Å². The van der Waals surface area contributed by atoms with Crippen LogP contribution in [0.1, 0.15) is 44.7 Å². The predicted molar refractivity (Wildman–Crippen MR) is 194 cm³/mol. The molecule has 5 rings (SSSR count). The molecule has 1 aromatic carbocycles. The Labute approximate surface area is 305 Å². The Morgan fingerprint density at radius 1 is 1.08 bits per heavy atom. The number of methoxy groups -OCH3 is 1. The molecule has 12 nitrogen and oxygen atoms in total. The lowest BCUT2D eigenvalue weighted by Crippen LogP contribution is -2.43. The van der Waals surface area contributed by atoms with Gasteiger partial charge in [0.25, 0.3) is 0 Å².